The molecular formula is C8H10ClN3. The van der Waals surface area contributed by atoms with Crippen molar-refractivity contribution in [2.45, 2.75) is 6.92 Å². The van der Waals surface area contributed by atoms with Crippen molar-refractivity contribution < 1.29 is 0 Å². The lowest BCUT2D eigenvalue weighted by Gasteiger charge is -1.96. The number of nitrogens with two attached hydrogens (primary N) is 1. The average molecular weight is 184 g/mol. The molecule has 12 heavy (non-hydrogen) atoms. The van der Waals surface area contributed by atoms with E-state index in [-0.39, 0.29) is 12.4 Å². The molecule has 0 saturated carbocycles. The highest BCUT2D eigenvalue weighted by Crippen LogP contribution is 2.08. The predicted molar refractivity (Wildman–Crippen MR) is 51.6 cm³/mol. The number of imidazole rings is 1. The molecule has 2 N–H and O–H groups in total. The first kappa shape index (κ1) is 8.87. The normalized spacial score (nSPS) is 9.75. The molecule has 0 fully saturated rings. The Hall–Kier alpha value is -1.22. The summed E-state index contributed by atoms with van der Waals surface area (Å²) >= 11 is 0. The second-order valence-corrected chi connectivity index (χ2v) is 2.62. The average Bonchev–Trinajstić information content (AvgIpc) is 2.33. The molecule has 2 rings (SSSR count). The number of rotatable bonds is 0. The molecule has 0 bridgehead atoms. The van der Waals surface area contributed by atoms with E-state index in [1.807, 2.05) is 29.7 Å². The highest BCUT2D eigenvalue weighted by molar-refractivity contribution is 5.85. The summed E-state index contributed by atoms with van der Waals surface area (Å²) in [6.45, 7) is 2.03. The van der Waals surface area contributed by atoms with Crippen molar-refractivity contribution >= 4 is 23.9 Å². The van der Waals surface area contributed by atoms with Gasteiger partial charge in [0.15, 0.2) is 0 Å². The van der Waals surface area contributed by atoms with Crippen LogP contribution in [0.25, 0.3) is 5.65 Å². The number of hydrogen-bond donors (Lipinski definition) is 1. The number of fused-ring (bicyclic) bond motifs is 1. The number of nitrogens with zero attached hydrogens (tertiary/aromatic N) is 2. The van der Waals surface area contributed by atoms with Crippen LogP contribution < -0.4 is 5.73 Å². The molecular weight excluding hydrogens is 174 g/mol. The number of nitrogen functional groups attached to an aromatic ring is 1. The molecule has 0 radical (unpaired) electrons. The maximum absolute atomic E-state index is 5.65. The van der Waals surface area contributed by atoms with Gasteiger partial charge < -0.3 is 5.73 Å². The number of anilines is 1. The number of aromatic nitrogens is 2. The van der Waals surface area contributed by atoms with Crippen LogP contribution in [0.4, 0.5) is 5.82 Å². The number of pyridine rings is 1. The Morgan fingerprint density at radius 2 is 2.17 bits per heavy atom. The SMILES string of the molecule is Cc1ccc2ncc(N)n2c1.Cl. The minimum Gasteiger partial charge on any atom is -0.383 e. The highest BCUT2D eigenvalue weighted by Gasteiger charge is 1.96. The van der Waals surface area contributed by atoms with Gasteiger partial charge in [-0.3, -0.25) is 4.40 Å². The molecule has 3 nitrogen and oxygen atoms in total. The van der Waals surface area contributed by atoms with Crippen molar-refractivity contribution in [3.63, 3.8) is 0 Å². The van der Waals surface area contributed by atoms with Gasteiger partial charge in [-0.2, -0.15) is 0 Å². The topological polar surface area (TPSA) is 43.3 Å². The van der Waals surface area contributed by atoms with Gasteiger partial charge in [0, 0.05) is 6.20 Å². The third kappa shape index (κ3) is 1.23. The van der Waals surface area contributed by atoms with Crippen LogP contribution in [0.15, 0.2) is 24.5 Å². The number of aryl methyl sites for hydroxylation is 1. The smallest absolute Gasteiger partial charge is 0.138 e. The van der Waals surface area contributed by atoms with Crippen LogP contribution in [-0.4, -0.2) is 9.38 Å². The Morgan fingerprint density at radius 3 is 2.92 bits per heavy atom. The van der Waals surface area contributed by atoms with E-state index in [2.05, 4.69) is 4.98 Å². The zero-order chi connectivity index (χ0) is 7.84. The third-order valence-electron chi connectivity index (χ3n) is 1.68. The van der Waals surface area contributed by atoms with Crippen LogP contribution in [0, 0.1) is 6.92 Å². The van der Waals surface area contributed by atoms with Gasteiger partial charge >= 0.3 is 0 Å². The van der Waals surface area contributed by atoms with E-state index in [4.69, 9.17) is 5.73 Å². The van der Waals surface area contributed by atoms with Crippen molar-refractivity contribution in [2.24, 2.45) is 0 Å². The van der Waals surface area contributed by atoms with Crippen LogP contribution in [0.3, 0.4) is 0 Å². The van der Waals surface area contributed by atoms with E-state index >= 15 is 0 Å². The summed E-state index contributed by atoms with van der Waals surface area (Å²) in [5, 5.41) is 0. The first-order valence-electron chi connectivity index (χ1n) is 3.46. The Labute approximate surface area is 76.6 Å². The molecule has 0 spiro atoms. The van der Waals surface area contributed by atoms with Crippen LogP contribution in [0.1, 0.15) is 5.56 Å². The second-order valence-electron chi connectivity index (χ2n) is 2.62. The number of hydrogen-bond acceptors (Lipinski definition) is 2. The van der Waals surface area contributed by atoms with E-state index in [1.165, 1.54) is 5.56 Å². The van der Waals surface area contributed by atoms with E-state index < -0.39 is 0 Å². The highest BCUT2D eigenvalue weighted by atomic mass is 35.5. The lowest BCUT2D eigenvalue weighted by Crippen LogP contribution is -1.92. The fourth-order valence-corrected chi connectivity index (χ4v) is 1.11. The van der Waals surface area contributed by atoms with E-state index in [0.717, 1.165) is 5.65 Å². The lowest BCUT2D eigenvalue weighted by molar-refractivity contribution is 1.16. The summed E-state index contributed by atoms with van der Waals surface area (Å²) in [6.07, 6.45) is 3.63. The molecule has 0 aliphatic carbocycles. The largest absolute Gasteiger partial charge is 0.383 e. The number of halogens is 1. The van der Waals surface area contributed by atoms with Gasteiger partial charge in [0.25, 0.3) is 0 Å². The molecule has 0 atom stereocenters. The Morgan fingerprint density at radius 1 is 1.42 bits per heavy atom. The fourth-order valence-electron chi connectivity index (χ4n) is 1.11. The molecule has 2 aromatic heterocycles. The molecule has 64 valence electrons. The predicted octanol–water partition coefficient (Wildman–Crippen LogP) is 1.65. The molecule has 2 heterocycles. The van der Waals surface area contributed by atoms with Gasteiger partial charge in [0.05, 0.1) is 6.20 Å². The molecule has 0 amide bonds. The fraction of sp³-hybridized carbons (Fsp3) is 0.125. The van der Waals surface area contributed by atoms with Crippen LogP contribution in [0.2, 0.25) is 0 Å². The van der Waals surface area contributed by atoms with E-state index in [0.29, 0.717) is 5.82 Å². The molecule has 0 aliphatic heterocycles. The molecule has 0 unspecified atom stereocenters. The van der Waals surface area contributed by atoms with Gasteiger partial charge in [-0.05, 0) is 18.6 Å². The van der Waals surface area contributed by atoms with Crippen molar-refractivity contribution in [3.05, 3.63) is 30.1 Å². The molecule has 0 aromatic carbocycles. The lowest BCUT2D eigenvalue weighted by atomic mass is 10.3. The first-order chi connectivity index (χ1) is 5.27. The minimum absolute atomic E-state index is 0. The van der Waals surface area contributed by atoms with Gasteiger partial charge in [0.2, 0.25) is 0 Å². The maximum Gasteiger partial charge on any atom is 0.138 e. The Balaban J connectivity index is 0.000000720. The third-order valence-corrected chi connectivity index (χ3v) is 1.68. The van der Waals surface area contributed by atoms with Crippen molar-refractivity contribution in [1.29, 1.82) is 0 Å². The van der Waals surface area contributed by atoms with Crippen molar-refractivity contribution in [3.8, 4) is 0 Å². The summed E-state index contributed by atoms with van der Waals surface area (Å²) in [5.41, 5.74) is 7.72. The standard InChI is InChI=1S/C8H9N3.ClH/c1-6-2-3-8-10-4-7(9)11(8)5-6;/h2-5H,9H2,1H3;1H. The van der Waals surface area contributed by atoms with Crippen molar-refractivity contribution in [1.82, 2.24) is 9.38 Å². The van der Waals surface area contributed by atoms with Crippen molar-refractivity contribution in [2.75, 3.05) is 5.73 Å². The van der Waals surface area contributed by atoms with Gasteiger partial charge in [-0.1, -0.05) is 6.07 Å². The maximum atomic E-state index is 5.65. The summed E-state index contributed by atoms with van der Waals surface area (Å²) in [7, 11) is 0. The zero-order valence-electron chi connectivity index (χ0n) is 6.69. The summed E-state index contributed by atoms with van der Waals surface area (Å²) in [4.78, 5) is 4.10. The first-order valence-corrected chi connectivity index (χ1v) is 3.46. The molecule has 2 aromatic rings. The summed E-state index contributed by atoms with van der Waals surface area (Å²) in [5.74, 6) is 0.684. The van der Waals surface area contributed by atoms with Crippen LogP contribution in [-0.2, 0) is 0 Å². The Bertz CT molecular complexity index is 394. The monoisotopic (exact) mass is 183 g/mol. The van der Waals surface area contributed by atoms with Gasteiger partial charge in [-0.15, -0.1) is 12.4 Å². The van der Waals surface area contributed by atoms with Gasteiger partial charge in [-0.25, -0.2) is 4.98 Å². The van der Waals surface area contributed by atoms with E-state index in [1.54, 1.807) is 6.20 Å². The summed E-state index contributed by atoms with van der Waals surface area (Å²) in [6, 6.07) is 3.97. The Kier molecular flexibility index (Phi) is 2.24. The second kappa shape index (κ2) is 3.03. The summed E-state index contributed by atoms with van der Waals surface area (Å²) < 4.78 is 1.87. The molecule has 0 aliphatic rings. The minimum atomic E-state index is 0. The molecule has 0 saturated heterocycles. The quantitative estimate of drug-likeness (QED) is 0.675. The van der Waals surface area contributed by atoms with E-state index in [9.17, 15) is 0 Å². The molecule has 4 heteroatoms. The zero-order valence-corrected chi connectivity index (χ0v) is 7.51. The van der Waals surface area contributed by atoms with Crippen LogP contribution >= 0.6 is 12.4 Å². The van der Waals surface area contributed by atoms with Crippen LogP contribution in [0.5, 0.6) is 0 Å². The van der Waals surface area contributed by atoms with Gasteiger partial charge in [0.1, 0.15) is 11.5 Å².